The molecule has 0 spiro atoms. The van der Waals surface area contributed by atoms with Crippen LogP contribution in [0.3, 0.4) is 0 Å². The lowest BCUT2D eigenvalue weighted by molar-refractivity contribution is -0.384. The SMILES string of the molecule is CN([C@@H]1CN(Cc2ccccc2)C[C@@H]1N)S(=O)(=O)c1ccc([N+](=O)[O-])cc1. The van der Waals surface area contributed by atoms with E-state index in [4.69, 9.17) is 5.73 Å². The van der Waals surface area contributed by atoms with Gasteiger partial charge in [0.1, 0.15) is 0 Å². The molecule has 0 amide bonds. The Balaban J connectivity index is 1.73. The minimum absolute atomic E-state index is 0.0179. The summed E-state index contributed by atoms with van der Waals surface area (Å²) in [7, 11) is -2.28. The number of benzene rings is 2. The number of nitrogens with two attached hydrogens (primary N) is 1. The highest BCUT2D eigenvalue weighted by molar-refractivity contribution is 7.89. The zero-order valence-electron chi connectivity index (χ0n) is 14.9. The van der Waals surface area contributed by atoms with Crippen molar-refractivity contribution in [2.24, 2.45) is 5.73 Å². The van der Waals surface area contributed by atoms with Gasteiger partial charge in [0.2, 0.25) is 10.0 Å². The van der Waals surface area contributed by atoms with Crippen molar-refractivity contribution in [1.82, 2.24) is 9.21 Å². The fourth-order valence-corrected chi connectivity index (χ4v) is 4.73. The second-order valence-corrected chi connectivity index (χ2v) is 8.68. The lowest BCUT2D eigenvalue weighted by Crippen LogP contribution is -2.47. The Morgan fingerprint density at radius 1 is 1.15 bits per heavy atom. The standard InChI is InChI=1S/C18H22N4O4S/c1-20(27(25,26)16-9-7-15(8-10-16)22(23)24)18-13-21(12-17(18)19)11-14-5-3-2-4-6-14/h2-10,17-18H,11-13,19H2,1H3/t17-,18+/m0/s1. The van der Waals surface area contributed by atoms with Crippen LogP contribution in [-0.2, 0) is 16.6 Å². The van der Waals surface area contributed by atoms with Crippen LogP contribution in [0.25, 0.3) is 0 Å². The molecule has 1 aliphatic rings. The van der Waals surface area contributed by atoms with Gasteiger partial charge in [0.15, 0.2) is 0 Å². The first-order valence-electron chi connectivity index (χ1n) is 8.53. The average molecular weight is 390 g/mol. The molecule has 2 aromatic carbocycles. The molecule has 2 aromatic rings. The minimum Gasteiger partial charge on any atom is -0.325 e. The first-order chi connectivity index (χ1) is 12.8. The van der Waals surface area contributed by atoms with Gasteiger partial charge in [0, 0.05) is 44.9 Å². The maximum atomic E-state index is 12.9. The van der Waals surface area contributed by atoms with E-state index in [0.717, 1.165) is 5.56 Å². The number of likely N-dealkylation sites (N-methyl/N-ethyl adjacent to an activating group) is 1. The van der Waals surface area contributed by atoms with E-state index in [-0.39, 0.29) is 22.7 Å². The van der Waals surface area contributed by atoms with Gasteiger partial charge in [-0.1, -0.05) is 30.3 Å². The molecule has 27 heavy (non-hydrogen) atoms. The van der Waals surface area contributed by atoms with Crippen molar-refractivity contribution in [3.63, 3.8) is 0 Å². The molecule has 9 heteroatoms. The highest BCUT2D eigenvalue weighted by Crippen LogP contribution is 2.24. The minimum atomic E-state index is -3.79. The van der Waals surface area contributed by atoms with Crippen LogP contribution in [0.1, 0.15) is 5.56 Å². The van der Waals surface area contributed by atoms with E-state index < -0.39 is 14.9 Å². The summed E-state index contributed by atoms with van der Waals surface area (Å²) in [4.78, 5) is 12.3. The molecule has 1 saturated heterocycles. The fraction of sp³-hybridized carbons (Fsp3) is 0.333. The third kappa shape index (κ3) is 4.16. The smallest absolute Gasteiger partial charge is 0.269 e. The van der Waals surface area contributed by atoms with Gasteiger partial charge < -0.3 is 5.73 Å². The molecule has 0 saturated carbocycles. The highest BCUT2D eigenvalue weighted by Gasteiger charge is 2.38. The Morgan fingerprint density at radius 3 is 2.37 bits per heavy atom. The molecule has 1 aliphatic heterocycles. The van der Waals surface area contributed by atoms with Crippen molar-refractivity contribution in [2.75, 3.05) is 20.1 Å². The molecule has 8 nitrogen and oxygen atoms in total. The summed E-state index contributed by atoms with van der Waals surface area (Å²) in [5.41, 5.74) is 7.22. The third-order valence-electron chi connectivity index (χ3n) is 4.85. The molecule has 0 unspecified atom stereocenters. The van der Waals surface area contributed by atoms with Gasteiger partial charge in [-0.25, -0.2) is 8.42 Å². The molecule has 1 fully saturated rings. The van der Waals surface area contributed by atoms with Crippen LogP contribution >= 0.6 is 0 Å². The molecule has 2 N–H and O–H groups in total. The van der Waals surface area contributed by atoms with Gasteiger partial charge in [0.25, 0.3) is 5.69 Å². The zero-order valence-corrected chi connectivity index (χ0v) is 15.7. The van der Waals surface area contributed by atoms with Gasteiger partial charge in [-0.2, -0.15) is 4.31 Å². The largest absolute Gasteiger partial charge is 0.325 e. The van der Waals surface area contributed by atoms with E-state index in [9.17, 15) is 18.5 Å². The monoisotopic (exact) mass is 390 g/mol. The average Bonchev–Trinajstić information content (AvgIpc) is 3.01. The summed E-state index contributed by atoms with van der Waals surface area (Å²) in [5.74, 6) is 0. The summed E-state index contributed by atoms with van der Waals surface area (Å²) < 4.78 is 27.1. The van der Waals surface area contributed by atoms with Crippen LogP contribution in [0.5, 0.6) is 0 Å². The molecule has 3 rings (SSSR count). The number of hydrogen-bond acceptors (Lipinski definition) is 6. The Kier molecular flexibility index (Phi) is 5.56. The molecule has 0 radical (unpaired) electrons. The summed E-state index contributed by atoms with van der Waals surface area (Å²) in [5, 5.41) is 10.8. The number of nitrogens with zero attached hydrogens (tertiary/aromatic N) is 3. The predicted molar refractivity (Wildman–Crippen MR) is 102 cm³/mol. The van der Waals surface area contributed by atoms with Crippen molar-refractivity contribution in [1.29, 1.82) is 0 Å². The molecule has 1 heterocycles. The number of sulfonamides is 1. The quantitative estimate of drug-likeness (QED) is 0.590. The Labute approximate surface area is 158 Å². The van der Waals surface area contributed by atoms with Crippen molar-refractivity contribution in [2.45, 2.75) is 23.5 Å². The van der Waals surface area contributed by atoms with Crippen LogP contribution in [0.4, 0.5) is 5.69 Å². The van der Waals surface area contributed by atoms with Crippen molar-refractivity contribution < 1.29 is 13.3 Å². The van der Waals surface area contributed by atoms with Crippen LogP contribution in [-0.4, -0.2) is 54.8 Å². The molecular formula is C18H22N4O4S. The fourth-order valence-electron chi connectivity index (χ4n) is 3.33. The normalized spacial score (nSPS) is 20.9. The summed E-state index contributed by atoms with van der Waals surface area (Å²) in [6, 6.07) is 14.1. The van der Waals surface area contributed by atoms with Gasteiger partial charge in [-0.05, 0) is 17.7 Å². The van der Waals surface area contributed by atoms with Gasteiger partial charge in [-0.15, -0.1) is 0 Å². The Bertz CT molecular complexity index is 903. The van der Waals surface area contributed by atoms with Crippen LogP contribution in [0.15, 0.2) is 59.5 Å². The van der Waals surface area contributed by atoms with E-state index in [0.29, 0.717) is 19.6 Å². The van der Waals surface area contributed by atoms with Crippen molar-refractivity contribution in [3.05, 3.63) is 70.3 Å². The third-order valence-corrected chi connectivity index (χ3v) is 6.75. The van der Waals surface area contributed by atoms with Gasteiger partial charge >= 0.3 is 0 Å². The van der Waals surface area contributed by atoms with Crippen LogP contribution in [0.2, 0.25) is 0 Å². The Morgan fingerprint density at radius 2 is 1.78 bits per heavy atom. The maximum Gasteiger partial charge on any atom is 0.269 e. The van der Waals surface area contributed by atoms with Crippen molar-refractivity contribution >= 4 is 15.7 Å². The van der Waals surface area contributed by atoms with Crippen molar-refractivity contribution in [3.8, 4) is 0 Å². The Hall–Kier alpha value is -2.33. The number of hydrogen-bond donors (Lipinski definition) is 1. The van der Waals surface area contributed by atoms with Gasteiger partial charge in [-0.3, -0.25) is 15.0 Å². The van der Waals surface area contributed by atoms with E-state index in [2.05, 4.69) is 4.90 Å². The summed E-state index contributed by atoms with van der Waals surface area (Å²) in [6.07, 6.45) is 0. The van der Waals surface area contributed by atoms with Crippen LogP contribution in [0, 0.1) is 10.1 Å². The predicted octanol–water partition coefficient (Wildman–Crippen LogP) is 1.43. The lowest BCUT2D eigenvalue weighted by atomic mass is 10.2. The van der Waals surface area contributed by atoms with E-state index in [1.165, 1.54) is 35.6 Å². The number of nitro groups is 1. The number of rotatable bonds is 6. The highest BCUT2D eigenvalue weighted by atomic mass is 32.2. The van der Waals surface area contributed by atoms with E-state index >= 15 is 0 Å². The zero-order chi connectivity index (χ0) is 19.6. The second-order valence-electron chi connectivity index (χ2n) is 6.68. The van der Waals surface area contributed by atoms with Crippen LogP contribution < -0.4 is 5.73 Å². The molecule has 0 aliphatic carbocycles. The summed E-state index contributed by atoms with van der Waals surface area (Å²) in [6.45, 7) is 1.83. The molecule has 144 valence electrons. The van der Waals surface area contributed by atoms with E-state index in [1.54, 1.807) is 0 Å². The first-order valence-corrected chi connectivity index (χ1v) is 9.97. The first kappa shape index (κ1) is 19.4. The lowest BCUT2D eigenvalue weighted by Gasteiger charge is -2.26. The topological polar surface area (TPSA) is 110 Å². The molecular weight excluding hydrogens is 368 g/mol. The molecule has 0 bridgehead atoms. The second kappa shape index (κ2) is 7.73. The number of nitro benzene ring substituents is 1. The maximum absolute atomic E-state index is 12.9. The number of non-ortho nitro benzene ring substituents is 1. The van der Waals surface area contributed by atoms with E-state index in [1.807, 2.05) is 30.3 Å². The van der Waals surface area contributed by atoms with Gasteiger partial charge in [0.05, 0.1) is 15.9 Å². The molecule has 2 atom stereocenters. The molecule has 0 aromatic heterocycles. The number of likely N-dealkylation sites (tertiary alicyclic amines) is 1. The summed E-state index contributed by atoms with van der Waals surface area (Å²) >= 11 is 0.